The Labute approximate surface area is 118 Å². The molecule has 19 heavy (non-hydrogen) atoms. The molecule has 0 aromatic rings. The van der Waals surface area contributed by atoms with E-state index in [2.05, 4.69) is 24.1 Å². The van der Waals surface area contributed by atoms with Crippen LogP contribution in [0.1, 0.15) is 52.4 Å². The lowest BCUT2D eigenvalue weighted by Gasteiger charge is -2.34. The van der Waals surface area contributed by atoms with Gasteiger partial charge in [0.1, 0.15) is 0 Å². The Kier molecular flexibility index (Phi) is 6.27. The number of hydrogen-bond donors (Lipinski definition) is 2. The second kappa shape index (κ2) is 7.25. The summed E-state index contributed by atoms with van der Waals surface area (Å²) in [7, 11) is 4.08. The molecule has 1 atom stereocenters. The fourth-order valence-corrected chi connectivity index (χ4v) is 2.93. The Balaban J connectivity index is 2.58. The van der Waals surface area contributed by atoms with Gasteiger partial charge in [-0.05, 0) is 39.3 Å². The van der Waals surface area contributed by atoms with Crippen molar-refractivity contribution in [3.05, 3.63) is 0 Å². The summed E-state index contributed by atoms with van der Waals surface area (Å²) in [6.45, 7) is 5.25. The van der Waals surface area contributed by atoms with Gasteiger partial charge in [-0.1, -0.05) is 33.1 Å². The van der Waals surface area contributed by atoms with Crippen LogP contribution in [-0.4, -0.2) is 43.0 Å². The van der Waals surface area contributed by atoms with E-state index in [9.17, 15) is 4.79 Å². The normalized spacial score (nSPS) is 20.6. The number of carbonyl (C=O) groups is 1. The maximum atomic E-state index is 12.4. The lowest BCUT2D eigenvalue weighted by atomic mass is 9.81. The van der Waals surface area contributed by atoms with E-state index < -0.39 is 5.54 Å². The summed E-state index contributed by atoms with van der Waals surface area (Å²) in [5, 5.41) is 3.18. The van der Waals surface area contributed by atoms with Crippen molar-refractivity contribution >= 4 is 5.91 Å². The molecule has 0 heterocycles. The van der Waals surface area contributed by atoms with E-state index in [1.807, 2.05) is 14.1 Å². The lowest BCUT2D eigenvalue weighted by molar-refractivity contribution is -0.128. The number of nitrogens with two attached hydrogens (primary N) is 1. The van der Waals surface area contributed by atoms with Gasteiger partial charge in [-0.2, -0.15) is 0 Å². The lowest BCUT2D eigenvalue weighted by Crippen LogP contribution is -2.58. The van der Waals surface area contributed by atoms with Gasteiger partial charge in [0.15, 0.2) is 0 Å². The first-order valence-electron chi connectivity index (χ1n) is 7.58. The predicted molar refractivity (Wildman–Crippen MR) is 79.9 cm³/mol. The molecule has 0 bridgehead atoms. The fourth-order valence-electron chi connectivity index (χ4n) is 2.93. The highest BCUT2D eigenvalue weighted by Gasteiger charge is 2.36. The number of amides is 1. The zero-order chi connectivity index (χ0) is 14.5. The quantitative estimate of drug-likeness (QED) is 0.772. The van der Waals surface area contributed by atoms with Gasteiger partial charge in [-0.15, -0.1) is 0 Å². The molecular formula is C15H31N3O. The van der Waals surface area contributed by atoms with Gasteiger partial charge in [0, 0.05) is 12.6 Å². The smallest absolute Gasteiger partial charge is 0.240 e. The van der Waals surface area contributed by atoms with Gasteiger partial charge < -0.3 is 16.0 Å². The summed E-state index contributed by atoms with van der Waals surface area (Å²) in [6.07, 6.45) is 6.02. The molecule has 4 nitrogen and oxygen atoms in total. The molecule has 1 fully saturated rings. The molecule has 3 N–H and O–H groups in total. The Morgan fingerprint density at radius 1 is 1.26 bits per heavy atom. The topological polar surface area (TPSA) is 58.4 Å². The van der Waals surface area contributed by atoms with E-state index >= 15 is 0 Å². The zero-order valence-corrected chi connectivity index (χ0v) is 13.0. The second-order valence-corrected chi connectivity index (χ2v) is 6.78. The first-order chi connectivity index (χ1) is 8.83. The molecular weight excluding hydrogens is 238 g/mol. The van der Waals surface area contributed by atoms with E-state index in [-0.39, 0.29) is 11.9 Å². The van der Waals surface area contributed by atoms with E-state index in [1.165, 1.54) is 6.42 Å². The van der Waals surface area contributed by atoms with Crippen LogP contribution in [-0.2, 0) is 4.79 Å². The SMILES string of the molecule is CC(C)CC(CN(C)C)NC(=O)C1(N)CCCCC1. The monoisotopic (exact) mass is 269 g/mol. The number of hydrogen-bond acceptors (Lipinski definition) is 3. The van der Waals surface area contributed by atoms with Crippen LogP contribution < -0.4 is 11.1 Å². The standard InChI is InChI=1S/C15H31N3O/c1-12(2)10-13(11-18(3)4)17-14(19)15(16)8-6-5-7-9-15/h12-13H,5-11,16H2,1-4H3,(H,17,19). The van der Waals surface area contributed by atoms with E-state index in [0.717, 1.165) is 38.6 Å². The van der Waals surface area contributed by atoms with Gasteiger partial charge in [-0.25, -0.2) is 0 Å². The van der Waals surface area contributed by atoms with Gasteiger partial charge in [0.25, 0.3) is 0 Å². The third kappa shape index (κ3) is 5.49. The summed E-state index contributed by atoms with van der Waals surface area (Å²) < 4.78 is 0. The first kappa shape index (κ1) is 16.4. The van der Waals surface area contributed by atoms with Crippen LogP contribution in [0, 0.1) is 5.92 Å². The van der Waals surface area contributed by atoms with Gasteiger partial charge in [0.05, 0.1) is 5.54 Å². The average molecular weight is 269 g/mol. The highest BCUT2D eigenvalue weighted by atomic mass is 16.2. The van der Waals surface area contributed by atoms with Crippen LogP contribution in [0.4, 0.5) is 0 Å². The molecule has 4 heteroatoms. The summed E-state index contributed by atoms with van der Waals surface area (Å²) in [5.74, 6) is 0.630. The Morgan fingerprint density at radius 3 is 2.32 bits per heavy atom. The molecule has 0 radical (unpaired) electrons. The summed E-state index contributed by atoms with van der Waals surface area (Å²) in [6, 6.07) is 0.199. The number of likely N-dealkylation sites (N-methyl/N-ethyl adjacent to an activating group) is 1. The van der Waals surface area contributed by atoms with Crippen molar-refractivity contribution in [1.29, 1.82) is 0 Å². The van der Waals surface area contributed by atoms with E-state index in [1.54, 1.807) is 0 Å². The maximum absolute atomic E-state index is 12.4. The van der Waals surface area contributed by atoms with Crippen molar-refractivity contribution in [2.75, 3.05) is 20.6 Å². The molecule has 0 saturated heterocycles. The molecule has 0 aromatic carbocycles. The minimum atomic E-state index is -0.625. The van der Waals surface area contributed by atoms with Crippen molar-refractivity contribution in [2.24, 2.45) is 11.7 Å². The van der Waals surface area contributed by atoms with Crippen molar-refractivity contribution in [1.82, 2.24) is 10.2 Å². The summed E-state index contributed by atoms with van der Waals surface area (Å²) in [5.41, 5.74) is 5.66. The van der Waals surface area contributed by atoms with Gasteiger partial charge in [-0.3, -0.25) is 4.79 Å². The van der Waals surface area contributed by atoms with Crippen molar-refractivity contribution in [3.8, 4) is 0 Å². The molecule has 1 aliphatic rings. The molecule has 1 unspecified atom stereocenters. The van der Waals surface area contributed by atoms with Gasteiger partial charge in [0.2, 0.25) is 5.91 Å². The number of carbonyl (C=O) groups excluding carboxylic acids is 1. The number of nitrogens with one attached hydrogen (secondary N) is 1. The first-order valence-corrected chi connectivity index (χ1v) is 7.58. The molecule has 1 rings (SSSR count). The Morgan fingerprint density at radius 2 is 1.84 bits per heavy atom. The summed E-state index contributed by atoms with van der Waals surface area (Å²) >= 11 is 0. The van der Waals surface area contributed by atoms with Crippen LogP contribution in [0.2, 0.25) is 0 Å². The third-order valence-corrected chi connectivity index (χ3v) is 3.87. The van der Waals surface area contributed by atoms with Crippen molar-refractivity contribution in [3.63, 3.8) is 0 Å². The van der Waals surface area contributed by atoms with Crippen LogP contribution >= 0.6 is 0 Å². The summed E-state index contributed by atoms with van der Waals surface area (Å²) in [4.78, 5) is 14.6. The van der Waals surface area contributed by atoms with Crippen molar-refractivity contribution in [2.45, 2.75) is 64.0 Å². The van der Waals surface area contributed by atoms with Gasteiger partial charge >= 0.3 is 0 Å². The highest BCUT2D eigenvalue weighted by molar-refractivity contribution is 5.86. The number of rotatable bonds is 6. The molecule has 1 saturated carbocycles. The van der Waals surface area contributed by atoms with Crippen LogP contribution in [0.15, 0.2) is 0 Å². The minimum absolute atomic E-state index is 0.0553. The maximum Gasteiger partial charge on any atom is 0.240 e. The highest BCUT2D eigenvalue weighted by Crippen LogP contribution is 2.26. The fraction of sp³-hybridized carbons (Fsp3) is 0.933. The predicted octanol–water partition coefficient (Wildman–Crippen LogP) is 1.74. The molecule has 1 aliphatic carbocycles. The van der Waals surface area contributed by atoms with Crippen molar-refractivity contribution < 1.29 is 4.79 Å². The largest absolute Gasteiger partial charge is 0.350 e. The van der Waals surface area contributed by atoms with E-state index in [4.69, 9.17) is 5.73 Å². The molecule has 0 aliphatic heterocycles. The van der Waals surface area contributed by atoms with Crippen LogP contribution in [0.3, 0.4) is 0 Å². The average Bonchev–Trinajstić information content (AvgIpc) is 2.27. The molecule has 1 amide bonds. The minimum Gasteiger partial charge on any atom is -0.350 e. The molecule has 112 valence electrons. The Bertz CT molecular complexity index is 273. The zero-order valence-electron chi connectivity index (χ0n) is 13.0. The van der Waals surface area contributed by atoms with Crippen LogP contribution in [0.25, 0.3) is 0 Å². The second-order valence-electron chi connectivity index (χ2n) is 6.78. The van der Waals surface area contributed by atoms with E-state index in [0.29, 0.717) is 5.92 Å². The Hall–Kier alpha value is -0.610. The van der Waals surface area contributed by atoms with Crippen LogP contribution in [0.5, 0.6) is 0 Å². The molecule has 0 aromatic heterocycles. The number of nitrogens with zero attached hydrogens (tertiary/aromatic N) is 1. The molecule has 0 spiro atoms. The third-order valence-electron chi connectivity index (χ3n) is 3.87.